The SMILES string of the molecule is COC#Cc1ccc(C23CC4CC(CC(C4)C2)C3)c(OCCOC)c1. The molecule has 0 aromatic heterocycles. The summed E-state index contributed by atoms with van der Waals surface area (Å²) in [5.41, 5.74) is 2.68. The minimum Gasteiger partial charge on any atom is -0.491 e. The predicted octanol–water partition coefficient (Wildman–Crippen LogP) is 4.14. The molecule has 0 spiro atoms. The van der Waals surface area contributed by atoms with Crippen LogP contribution >= 0.6 is 0 Å². The van der Waals surface area contributed by atoms with Crippen molar-refractivity contribution in [3.8, 4) is 17.8 Å². The molecule has 4 bridgehead atoms. The van der Waals surface area contributed by atoms with Crippen molar-refractivity contribution in [2.75, 3.05) is 27.4 Å². The van der Waals surface area contributed by atoms with Gasteiger partial charge in [-0.05, 0) is 79.7 Å². The molecule has 4 aliphatic rings. The van der Waals surface area contributed by atoms with Crippen molar-refractivity contribution < 1.29 is 14.2 Å². The van der Waals surface area contributed by atoms with Gasteiger partial charge in [0, 0.05) is 18.2 Å². The summed E-state index contributed by atoms with van der Waals surface area (Å²) in [5.74, 6) is 6.81. The summed E-state index contributed by atoms with van der Waals surface area (Å²) in [6.07, 6.45) is 11.1. The van der Waals surface area contributed by atoms with Crippen LogP contribution in [0.25, 0.3) is 0 Å². The molecular formula is C22H28O3. The van der Waals surface area contributed by atoms with Gasteiger partial charge in [0.1, 0.15) is 18.5 Å². The summed E-state index contributed by atoms with van der Waals surface area (Å²) in [6, 6.07) is 6.49. The van der Waals surface area contributed by atoms with Crippen molar-refractivity contribution in [1.82, 2.24) is 0 Å². The summed E-state index contributed by atoms with van der Waals surface area (Å²) < 4.78 is 16.2. The lowest BCUT2D eigenvalue weighted by Gasteiger charge is -2.57. The van der Waals surface area contributed by atoms with Crippen molar-refractivity contribution >= 4 is 0 Å². The van der Waals surface area contributed by atoms with Gasteiger partial charge in [-0.25, -0.2) is 0 Å². The third kappa shape index (κ3) is 3.25. The first-order valence-corrected chi connectivity index (χ1v) is 9.53. The van der Waals surface area contributed by atoms with E-state index in [4.69, 9.17) is 14.2 Å². The van der Waals surface area contributed by atoms with Gasteiger partial charge in [-0.1, -0.05) is 6.07 Å². The van der Waals surface area contributed by atoms with Crippen molar-refractivity contribution in [3.05, 3.63) is 29.3 Å². The molecule has 1 aromatic carbocycles. The topological polar surface area (TPSA) is 27.7 Å². The summed E-state index contributed by atoms with van der Waals surface area (Å²) >= 11 is 0. The summed E-state index contributed by atoms with van der Waals surface area (Å²) in [6.45, 7) is 1.19. The average molecular weight is 340 g/mol. The molecule has 5 rings (SSSR count). The maximum atomic E-state index is 6.15. The maximum absolute atomic E-state index is 6.15. The van der Waals surface area contributed by atoms with Gasteiger partial charge in [0.25, 0.3) is 0 Å². The molecule has 0 saturated heterocycles. The zero-order chi connectivity index (χ0) is 17.3. The molecule has 3 heteroatoms. The van der Waals surface area contributed by atoms with Crippen LogP contribution in [0.1, 0.15) is 49.7 Å². The van der Waals surface area contributed by atoms with Gasteiger partial charge in [-0.3, -0.25) is 0 Å². The Morgan fingerprint density at radius 1 is 1.00 bits per heavy atom. The van der Waals surface area contributed by atoms with Crippen molar-refractivity contribution in [2.24, 2.45) is 17.8 Å². The molecule has 3 nitrogen and oxygen atoms in total. The first-order chi connectivity index (χ1) is 12.2. The molecule has 0 N–H and O–H groups in total. The Kier molecular flexibility index (Phi) is 4.65. The first-order valence-electron chi connectivity index (χ1n) is 9.53. The van der Waals surface area contributed by atoms with Crippen LogP contribution in [0.15, 0.2) is 18.2 Å². The maximum Gasteiger partial charge on any atom is 0.124 e. The molecule has 4 fully saturated rings. The van der Waals surface area contributed by atoms with Gasteiger partial charge in [0.05, 0.1) is 13.7 Å². The largest absolute Gasteiger partial charge is 0.491 e. The van der Waals surface area contributed by atoms with Gasteiger partial charge < -0.3 is 14.2 Å². The van der Waals surface area contributed by atoms with Crippen molar-refractivity contribution in [3.63, 3.8) is 0 Å². The number of methoxy groups -OCH3 is 2. The Labute approximate surface area is 151 Å². The highest BCUT2D eigenvalue weighted by Gasteiger charge is 2.52. The van der Waals surface area contributed by atoms with Crippen LogP contribution in [0, 0.1) is 29.8 Å². The van der Waals surface area contributed by atoms with E-state index in [1.54, 1.807) is 14.2 Å². The zero-order valence-corrected chi connectivity index (χ0v) is 15.3. The van der Waals surface area contributed by atoms with E-state index in [0.717, 1.165) is 29.1 Å². The predicted molar refractivity (Wildman–Crippen MR) is 97.6 cm³/mol. The van der Waals surface area contributed by atoms with Crippen LogP contribution in [0.5, 0.6) is 5.75 Å². The van der Waals surface area contributed by atoms with Gasteiger partial charge in [0.15, 0.2) is 0 Å². The summed E-state index contributed by atoms with van der Waals surface area (Å²) in [5, 5.41) is 0. The Morgan fingerprint density at radius 3 is 2.28 bits per heavy atom. The Balaban J connectivity index is 1.67. The standard InChI is InChI=1S/C22H28O3/c1-23-6-5-16-3-4-20(21(12-16)25-8-7-24-2)22-13-17-9-18(14-22)11-19(10-17)15-22/h3-4,12,17-19H,7-11,13-15H2,1-2H3. The van der Waals surface area contributed by atoms with E-state index in [-0.39, 0.29) is 0 Å². The van der Waals surface area contributed by atoms with Crippen LogP contribution in [0.3, 0.4) is 0 Å². The normalized spacial score (nSPS) is 32.2. The summed E-state index contributed by atoms with van der Waals surface area (Å²) in [4.78, 5) is 0. The van der Waals surface area contributed by atoms with Gasteiger partial charge in [-0.15, -0.1) is 0 Å². The molecule has 0 heterocycles. The van der Waals surface area contributed by atoms with Crippen LogP contribution in [0.4, 0.5) is 0 Å². The molecule has 0 amide bonds. The lowest BCUT2D eigenvalue weighted by atomic mass is 9.48. The molecule has 25 heavy (non-hydrogen) atoms. The smallest absolute Gasteiger partial charge is 0.124 e. The van der Waals surface area contributed by atoms with E-state index in [1.165, 1.54) is 44.1 Å². The van der Waals surface area contributed by atoms with Crippen molar-refractivity contribution in [2.45, 2.75) is 43.9 Å². The molecule has 134 valence electrons. The number of benzene rings is 1. The highest BCUT2D eigenvalue weighted by Crippen LogP contribution is 2.61. The van der Waals surface area contributed by atoms with Crippen LogP contribution in [0.2, 0.25) is 0 Å². The number of ether oxygens (including phenoxy) is 3. The summed E-state index contributed by atoms with van der Waals surface area (Å²) in [7, 11) is 3.30. The zero-order valence-electron chi connectivity index (χ0n) is 15.3. The molecule has 4 saturated carbocycles. The minimum absolute atomic E-state index is 0.324. The first kappa shape index (κ1) is 16.8. The van der Waals surface area contributed by atoms with Crippen LogP contribution < -0.4 is 4.74 Å². The van der Waals surface area contributed by atoms with Crippen LogP contribution in [-0.4, -0.2) is 27.4 Å². The van der Waals surface area contributed by atoms with Crippen LogP contribution in [-0.2, 0) is 14.9 Å². The van der Waals surface area contributed by atoms with Gasteiger partial charge in [-0.2, -0.15) is 0 Å². The van der Waals surface area contributed by atoms with E-state index in [1.807, 2.05) is 0 Å². The van der Waals surface area contributed by atoms with E-state index >= 15 is 0 Å². The third-order valence-corrected chi connectivity index (χ3v) is 6.43. The second kappa shape index (κ2) is 6.92. The molecule has 0 unspecified atom stereocenters. The quantitative estimate of drug-likeness (QED) is 0.596. The molecule has 4 aliphatic carbocycles. The Morgan fingerprint density at radius 2 is 1.68 bits per heavy atom. The highest BCUT2D eigenvalue weighted by molar-refractivity contribution is 5.48. The number of rotatable bonds is 5. The molecule has 0 atom stereocenters. The second-order valence-corrected chi connectivity index (χ2v) is 8.18. The average Bonchev–Trinajstić information content (AvgIpc) is 2.59. The fourth-order valence-electron chi connectivity index (χ4n) is 5.94. The van der Waals surface area contributed by atoms with E-state index in [0.29, 0.717) is 18.6 Å². The molecule has 0 radical (unpaired) electrons. The molecule has 0 aliphatic heterocycles. The lowest BCUT2D eigenvalue weighted by molar-refractivity contribution is -0.00660. The third-order valence-electron chi connectivity index (χ3n) is 6.43. The highest BCUT2D eigenvalue weighted by atomic mass is 16.5. The molecular weight excluding hydrogens is 312 g/mol. The minimum atomic E-state index is 0.324. The van der Waals surface area contributed by atoms with E-state index in [2.05, 4.69) is 30.2 Å². The fourth-order valence-corrected chi connectivity index (χ4v) is 5.94. The monoisotopic (exact) mass is 340 g/mol. The van der Waals surface area contributed by atoms with Gasteiger partial charge >= 0.3 is 0 Å². The number of hydrogen-bond acceptors (Lipinski definition) is 3. The Bertz CT molecular complexity index is 647. The van der Waals surface area contributed by atoms with E-state index in [9.17, 15) is 0 Å². The lowest BCUT2D eigenvalue weighted by Crippen LogP contribution is -2.48. The molecule has 1 aromatic rings. The second-order valence-electron chi connectivity index (χ2n) is 8.18. The van der Waals surface area contributed by atoms with Crippen molar-refractivity contribution in [1.29, 1.82) is 0 Å². The fraction of sp³-hybridized carbons (Fsp3) is 0.636. The number of hydrogen-bond donors (Lipinski definition) is 0. The Hall–Kier alpha value is -1.66. The van der Waals surface area contributed by atoms with Gasteiger partial charge in [0.2, 0.25) is 0 Å². The van der Waals surface area contributed by atoms with E-state index < -0.39 is 0 Å².